The minimum atomic E-state index is -0.809. The number of rotatable bonds is 16. The number of carbonyl (C=O) groups is 2. The van der Waals surface area contributed by atoms with Crippen LogP contribution in [-0.2, 0) is 39.8 Å². The molecule has 0 aromatic carbocycles. The van der Waals surface area contributed by atoms with E-state index in [4.69, 9.17) is 34.2 Å². The molecule has 1 aliphatic carbocycles. The van der Waals surface area contributed by atoms with E-state index in [-0.39, 0.29) is 30.9 Å². The number of ether oxygens (including phenoxy) is 6. The molecule has 0 radical (unpaired) electrons. The van der Waals surface area contributed by atoms with Crippen molar-refractivity contribution >= 4 is 29.1 Å². The standard InChI is InChI=1S/C24H38N6O8/c1-6-35-22(31)16(4)26-11-17-19(36-14-37-23(32)38-15(2)3)24(17,33-5)7-9-34-10-8-30-13-29-18-20(25)27-12-28-21(18)30/h12-13,15-17,19,26H,6-11,14H2,1-5H3,(H2,25,27,28). The SMILES string of the molecule is CCOC(=O)C(C)NCC1C(OCOC(=O)OC(C)C)C1(CCOCCn1cnc2c(N)ncnc21)OC. The average Bonchev–Trinajstić information content (AvgIpc) is 3.25. The summed E-state index contributed by atoms with van der Waals surface area (Å²) in [5.41, 5.74) is 6.35. The van der Waals surface area contributed by atoms with Gasteiger partial charge in [0.1, 0.15) is 23.5 Å². The molecular formula is C24H38N6O8. The van der Waals surface area contributed by atoms with E-state index in [2.05, 4.69) is 20.3 Å². The molecule has 0 bridgehead atoms. The van der Waals surface area contributed by atoms with Crippen LogP contribution in [0.1, 0.15) is 34.1 Å². The number of nitrogens with two attached hydrogens (primary N) is 1. The number of aromatic nitrogens is 4. The largest absolute Gasteiger partial charge is 0.510 e. The highest BCUT2D eigenvalue weighted by molar-refractivity contribution is 5.81. The summed E-state index contributed by atoms with van der Waals surface area (Å²) < 4.78 is 34.5. The number of nitrogens with zero attached hydrogens (tertiary/aromatic N) is 4. The van der Waals surface area contributed by atoms with Gasteiger partial charge < -0.3 is 44.0 Å². The number of nitrogen functional groups attached to an aromatic ring is 1. The van der Waals surface area contributed by atoms with Crippen LogP contribution < -0.4 is 11.1 Å². The molecule has 4 atom stereocenters. The van der Waals surface area contributed by atoms with Crippen molar-refractivity contribution < 1.29 is 38.0 Å². The van der Waals surface area contributed by atoms with Gasteiger partial charge in [0.15, 0.2) is 18.3 Å². The number of anilines is 1. The average molecular weight is 539 g/mol. The fraction of sp³-hybridized carbons (Fsp3) is 0.708. The van der Waals surface area contributed by atoms with Crippen molar-refractivity contribution in [2.24, 2.45) is 5.92 Å². The van der Waals surface area contributed by atoms with E-state index < -0.39 is 17.8 Å². The maximum absolute atomic E-state index is 12.0. The molecule has 0 spiro atoms. The number of imidazole rings is 1. The topological polar surface area (TPSA) is 171 Å². The van der Waals surface area contributed by atoms with E-state index in [0.717, 1.165) is 0 Å². The number of hydrogen-bond donors (Lipinski definition) is 2. The lowest BCUT2D eigenvalue weighted by molar-refractivity contribution is -0.145. The summed E-state index contributed by atoms with van der Waals surface area (Å²) in [5, 5.41) is 3.17. The van der Waals surface area contributed by atoms with E-state index >= 15 is 0 Å². The van der Waals surface area contributed by atoms with E-state index in [1.165, 1.54) is 6.33 Å². The van der Waals surface area contributed by atoms with Gasteiger partial charge in [-0.1, -0.05) is 0 Å². The number of nitrogens with one attached hydrogen (secondary N) is 1. The van der Waals surface area contributed by atoms with Gasteiger partial charge in [0.25, 0.3) is 0 Å². The zero-order valence-corrected chi connectivity index (χ0v) is 22.5. The Morgan fingerprint density at radius 1 is 1.18 bits per heavy atom. The Morgan fingerprint density at radius 2 is 1.97 bits per heavy atom. The normalized spacial score (nSPS) is 21.4. The summed E-state index contributed by atoms with van der Waals surface area (Å²) in [6.07, 6.45) is 2.07. The molecule has 0 saturated heterocycles. The predicted octanol–water partition coefficient (Wildman–Crippen LogP) is 1.28. The summed E-state index contributed by atoms with van der Waals surface area (Å²) in [7, 11) is 1.60. The molecule has 1 aliphatic rings. The van der Waals surface area contributed by atoms with Crippen LogP contribution >= 0.6 is 0 Å². The number of hydrogen-bond acceptors (Lipinski definition) is 13. The first kappa shape index (κ1) is 29.5. The molecule has 0 amide bonds. The van der Waals surface area contributed by atoms with Crippen LogP contribution in [0.25, 0.3) is 11.2 Å². The summed E-state index contributed by atoms with van der Waals surface area (Å²) in [5.74, 6) is -0.124. The highest BCUT2D eigenvalue weighted by atomic mass is 16.8. The van der Waals surface area contributed by atoms with Gasteiger partial charge in [0, 0.05) is 39.1 Å². The van der Waals surface area contributed by atoms with Crippen molar-refractivity contribution in [2.45, 2.75) is 64.5 Å². The van der Waals surface area contributed by atoms with Gasteiger partial charge in [-0.2, -0.15) is 0 Å². The Labute approximate surface area is 221 Å². The van der Waals surface area contributed by atoms with Gasteiger partial charge in [-0.15, -0.1) is 0 Å². The number of fused-ring (bicyclic) bond motifs is 1. The zero-order chi connectivity index (χ0) is 27.7. The summed E-state index contributed by atoms with van der Waals surface area (Å²) in [6.45, 7) is 8.71. The second-order valence-electron chi connectivity index (χ2n) is 9.15. The molecule has 38 heavy (non-hydrogen) atoms. The van der Waals surface area contributed by atoms with Crippen LogP contribution in [0.2, 0.25) is 0 Å². The van der Waals surface area contributed by atoms with Gasteiger partial charge >= 0.3 is 12.1 Å². The molecule has 2 aromatic heterocycles. The van der Waals surface area contributed by atoms with Crippen molar-refractivity contribution in [1.82, 2.24) is 24.8 Å². The molecule has 1 fully saturated rings. The van der Waals surface area contributed by atoms with Gasteiger partial charge in [-0.3, -0.25) is 4.79 Å². The first-order chi connectivity index (χ1) is 18.2. The van der Waals surface area contributed by atoms with Crippen molar-refractivity contribution in [3.63, 3.8) is 0 Å². The highest BCUT2D eigenvalue weighted by Gasteiger charge is 2.66. The third-order valence-corrected chi connectivity index (χ3v) is 6.33. The maximum atomic E-state index is 12.0. The van der Waals surface area contributed by atoms with Gasteiger partial charge in [-0.25, -0.2) is 19.7 Å². The van der Waals surface area contributed by atoms with Gasteiger partial charge in [0.05, 0.1) is 31.7 Å². The summed E-state index contributed by atoms with van der Waals surface area (Å²) in [4.78, 5) is 36.1. The van der Waals surface area contributed by atoms with E-state index in [1.54, 1.807) is 41.1 Å². The summed E-state index contributed by atoms with van der Waals surface area (Å²) in [6, 6.07) is -0.498. The van der Waals surface area contributed by atoms with Crippen molar-refractivity contribution in [2.75, 3.05) is 46.0 Å². The smallest absolute Gasteiger partial charge is 0.465 e. The fourth-order valence-electron chi connectivity index (χ4n) is 4.29. The van der Waals surface area contributed by atoms with Crippen LogP contribution in [0.5, 0.6) is 0 Å². The first-order valence-electron chi connectivity index (χ1n) is 12.6. The third kappa shape index (κ3) is 7.28. The molecule has 4 unspecified atom stereocenters. The lowest BCUT2D eigenvalue weighted by Gasteiger charge is -2.18. The Hall–Kier alpha value is -3.07. The fourth-order valence-corrected chi connectivity index (χ4v) is 4.29. The Balaban J connectivity index is 1.52. The van der Waals surface area contributed by atoms with Crippen LogP contribution in [0.4, 0.5) is 10.6 Å². The molecule has 0 aliphatic heterocycles. The molecular weight excluding hydrogens is 500 g/mol. The van der Waals surface area contributed by atoms with E-state index in [0.29, 0.717) is 56.3 Å². The second-order valence-corrected chi connectivity index (χ2v) is 9.15. The monoisotopic (exact) mass is 538 g/mol. The minimum absolute atomic E-state index is 0.116. The third-order valence-electron chi connectivity index (χ3n) is 6.33. The Bertz CT molecular complexity index is 1070. The van der Waals surface area contributed by atoms with Crippen LogP contribution in [0, 0.1) is 5.92 Å². The van der Waals surface area contributed by atoms with E-state index in [9.17, 15) is 9.59 Å². The Morgan fingerprint density at radius 3 is 2.68 bits per heavy atom. The molecule has 2 heterocycles. The van der Waals surface area contributed by atoms with Crippen molar-refractivity contribution in [1.29, 1.82) is 0 Å². The van der Waals surface area contributed by atoms with Crippen LogP contribution in [-0.4, -0.2) is 95.8 Å². The van der Waals surface area contributed by atoms with Crippen molar-refractivity contribution in [3.8, 4) is 0 Å². The molecule has 2 aromatic rings. The molecule has 14 heteroatoms. The highest BCUT2D eigenvalue weighted by Crippen LogP contribution is 2.51. The first-order valence-corrected chi connectivity index (χ1v) is 12.6. The van der Waals surface area contributed by atoms with Gasteiger partial charge in [-0.05, 0) is 27.7 Å². The second kappa shape index (κ2) is 13.6. The number of carbonyl (C=O) groups excluding carboxylic acids is 2. The molecule has 212 valence electrons. The van der Waals surface area contributed by atoms with Crippen LogP contribution in [0.15, 0.2) is 12.7 Å². The predicted molar refractivity (Wildman–Crippen MR) is 135 cm³/mol. The Kier molecular flexibility index (Phi) is 10.6. The minimum Gasteiger partial charge on any atom is -0.465 e. The van der Waals surface area contributed by atoms with Gasteiger partial charge in [0.2, 0.25) is 0 Å². The number of esters is 1. The van der Waals surface area contributed by atoms with Crippen LogP contribution in [0.3, 0.4) is 0 Å². The number of methoxy groups -OCH3 is 1. The molecule has 3 rings (SSSR count). The molecule has 1 saturated carbocycles. The molecule has 14 nitrogen and oxygen atoms in total. The molecule has 3 N–H and O–H groups in total. The lowest BCUT2D eigenvalue weighted by atomic mass is 10.2. The maximum Gasteiger partial charge on any atom is 0.510 e. The van der Waals surface area contributed by atoms with Crippen molar-refractivity contribution in [3.05, 3.63) is 12.7 Å². The van der Waals surface area contributed by atoms with E-state index in [1.807, 2.05) is 4.57 Å². The lowest BCUT2D eigenvalue weighted by Crippen LogP contribution is -2.38. The zero-order valence-electron chi connectivity index (χ0n) is 22.5. The quantitative estimate of drug-likeness (QED) is 0.178. The summed E-state index contributed by atoms with van der Waals surface area (Å²) >= 11 is 0.